The van der Waals surface area contributed by atoms with Crippen molar-refractivity contribution in [3.05, 3.63) is 0 Å². The Morgan fingerprint density at radius 2 is 2.33 bits per heavy atom. The lowest BCUT2D eigenvalue weighted by atomic mass is 10.3. The van der Waals surface area contributed by atoms with Crippen LogP contribution in [0.4, 0.5) is 11.5 Å². The van der Waals surface area contributed by atoms with E-state index in [1.807, 2.05) is 6.92 Å². The van der Waals surface area contributed by atoms with Crippen molar-refractivity contribution in [1.29, 1.82) is 0 Å². The molecule has 7 heteroatoms. The number of hydrogen-bond donors (Lipinski definition) is 2. The summed E-state index contributed by atoms with van der Waals surface area (Å²) in [7, 11) is 0. The monoisotopic (exact) mass is 210 g/mol. The molecule has 82 valence electrons. The number of rotatable bonds is 4. The van der Waals surface area contributed by atoms with Crippen molar-refractivity contribution in [2.75, 3.05) is 18.9 Å². The Bertz CT molecular complexity index is 385. The van der Waals surface area contributed by atoms with Gasteiger partial charge in [-0.2, -0.15) is 5.11 Å². The molecule has 2 rings (SSSR count). The second-order valence-electron chi connectivity index (χ2n) is 3.19. The van der Waals surface area contributed by atoms with Crippen molar-refractivity contribution in [2.24, 2.45) is 16.0 Å². The first-order valence-corrected chi connectivity index (χ1v) is 4.89. The highest BCUT2D eigenvalue weighted by atomic mass is 16.5. The quantitative estimate of drug-likeness (QED) is 0.767. The Morgan fingerprint density at radius 1 is 1.53 bits per heavy atom. The molecule has 7 nitrogen and oxygen atoms in total. The fourth-order valence-electron chi connectivity index (χ4n) is 1.47. The molecule has 0 aromatic carbocycles. The summed E-state index contributed by atoms with van der Waals surface area (Å²) >= 11 is 0. The molecule has 0 radical (unpaired) electrons. The topological polar surface area (TPSA) is 104 Å². The number of nitrogen functional groups attached to an aromatic ring is 1. The minimum atomic E-state index is -0.137. The van der Waals surface area contributed by atoms with E-state index in [1.165, 1.54) is 0 Å². The van der Waals surface area contributed by atoms with E-state index in [2.05, 4.69) is 15.3 Å². The Hall–Kier alpha value is -1.63. The van der Waals surface area contributed by atoms with Crippen molar-refractivity contribution < 1.29 is 4.74 Å². The number of azo groups is 1. The second kappa shape index (κ2) is 3.85. The molecular formula is C8H14N6O. The van der Waals surface area contributed by atoms with Crippen LogP contribution in [0.15, 0.2) is 10.2 Å². The van der Waals surface area contributed by atoms with E-state index >= 15 is 0 Å². The lowest BCUT2D eigenvalue weighted by molar-refractivity contribution is 0.318. The number of anilines is 1. The van der Waals surface area contributed by atoms with Gasteiger partial charge in [-0.1, -0.05) is 0 Å². The van der Waals surface area contributed by atoms with E-state index in [-0.39, 0.29) is 6.17 Å². The van der Waals surface area contributed by atoms with Crippen LogP contribution >= 0.6 is 0 Å². The molecule has 1 aliphatic heterocycles. The maximum Gasteiger partial charge on any atom is 0.258 e. The lowest BCUT2D eigenvalue weighted by Gasteiger charge is -2.04. The molecule has 1 aliphatic rings. The molecule has 4 N–H and O–H groups in total. The number of hydrogen-bond acceptors (Lipinski definition) is 6. The number of ether oxygens (including phenoxy) is 1. The first kappa shape index (κ1) is 9.91. The van der Waals surface area contributed by atoms with Crippen LogP contribution in [-0.2, 0) is 0 Å². The maximum absolute atomic E-state index is 5.81. The van der Waals surface area contributed by atoms with Gasteiger partial charge in [-0.05, 0) is 13.5 Å². The predicted molar refractivity (Wildman–Crippen MR) is 55.0 cm³/mol. The first-order chi connectivity index (χ1) is 7.27. The molecule has 0 saturated heterocycles. The Labute approximate surface area is 87.1 Å². The van der Waals surface area contributed by atoms with Gasteiger partial charge in [0, 0.05) is 6.42 Å². The minimum absolute atomic E-state index is 0.137. The largest absolute Gasteiger partial charge is 0.475 e. The van der Waals surface area contributed by atoms with Gasteiger partial charge in [0.1, 0.15) is 5.69 Å². The standard InChI is InChI=1S/C8H14N6O/c1-2-15-8-6(10)7-12-11-5(3-4-9)14(7)13-8/h5H,2-4,9-10H2,1H3. The minimum Gasteiger partial charge on any atom is -0.475 e. The summed E-state index contributed by atoms with van der Waals surface area (Å²) in [5.41, 5.74) is 11.7. The molecule has 0 aliphatic carbocycles. The van der Waals surface area contributed by atoms with Gasteiger partial charge in [0.05, 0.1) is 6.61 Å². The van der Waals surface area contributed by atoms with Gasteiger partial charge < -0.3 is 16.2 Å². The van der Waals surface area contributed by atoms with Crippen LogP contribution in [0.3, 0.4) is 0 Å². The first-order valence-electron chi connectivity index (χ1n) is 4.89. The third-order valence-corrected chi connectivity index (χ3v) is 2.16. The second-order valence-corrected chi connectivity index (χ2v) is 3.19. The van der Waals surface area contributed by atoms with Crippen molar-refractivity contribution in [1.82, 2.24) is 9.78 Å². The van der Waals surface area contributed by atoms with E-state index in [4.69, 9.17) is 16.2 Å². The molecule has 0 spiro atoms. The summed E-state index contributed by atoms with van der Waals surface area (Å²) in [4.78, 5) is 0. The molecule has 1 unspecified atom stereocenters. The third-order valence-electron chi connectivity index (χ3n) is 2.16. The van der Waals surface area contributed by atoms with Crippen LogP contribution in [0.1, 0.15) is 19.5 Å². The van der Waals surface area contributed by atoms with Gasteiger partial charge in [0.15, 0.2) is 6.17 Å². The molecular weight excluding hydrogens is 196 g/mol. The number of nitrogens with two attached hydrogens (primary N) is 2. The zero-order valence-electron chi connectivity index (χ0n) is 8.55. The maximum atomic E-state index is 5.81. The molecule has 1 atom stereocenters. The number of fused-ring (bicyclic) bond motifs is 1. The molecule has 0 amide bonds. The van der Waals surface area contributed by atoms with Gasteiger partial charge in [-0.25, -0.2) is 4.68 Å². The molecule has 0 fully saturated rings. The Balaban J connectivity index is 2.29. The number of nitrogens with zero attached hydrogens (tertiary/aromatic N) is 4. The molecule has 1 aromatic heterocycles. The fourth-order valence-corrected chi connectivity index (χ4v) is 1.47. The van der Waals surface area contributed by atoms with E-state index in [9.17, 15) is 0 Å². The highest BCUT2D eigenvalue weighted by molar-refractivity contribution is 5.65. The van der Waals surface area contributed by atoms with Crippen LogP contribution in [0, 0.1) is 0 Å². The zero-order valence-corrected chi connectivity index (χ0v) is 8.55. The van der Waals surface area contributed by atoms with Crippen molar-refractivity contribution in [3.63, 3.8) is 0 Å². The SMILES string of the molecule is CCOc1nn2c(c1N)N=NC2CCN. The molecule has 0 bridgehead atoms. The fraction of sp³-hybridized carbons (Fsp3) is 0.625. The molecule has 15 heavy (non-hydrogen) atoms. The normalized spacial score (nSPS) is 18.1. The van der Waals surface area contributed by atoms with Crippen molar-refractivity contribution >= 4 is 11.5 Å². The van der Waals surface area contributed by atoms with E-state index < -0.39 is 0 Å². The average molecular weight is 210 g/mol. The van der Waals surface area contributed by atoms with Crippen LogP contribution in [-0.4, -0.2) is 22.9 Å². The molecule has 2 heterocycles. The van der Waals surface area contributed by atoms with Gasteiger partial charge in [0.25, 0.3) is 5.88 Å². The van der Waals surface area contributed by atoms with Gasteiger partial charge >= 0.3 is 0 Å². The summed E-state index contributed by atoms with van der Waals surface area (Å²) in [6.07, 6.45) is 0.560. The summed E-state index contributed by atoms with van der Waals surface area (Å²) < 4.78 is 6.93. The molecule has 0 saturated carbocycles. The van der Waals surface area contributed by atoms with Crippen molar-refractivity contribution in [2.45, 2.75) is 19.5 Å². The lowest BCUT2D eigenvalue weighted by Crippen LogP contribution is -2.10. The highest BCUT2D eigenvalue weighted by Gasteiger charge is 2.26. The van der Waals surface area contributed by atoms with Crippen LogP contribution in [0.2, 0.25) is 0 Å². The zero-order chi connectivity index (χ0) is 10.8. The van der Waals surface area contributed by atoms with Gasteiger partial charge in [-0.3, -0.25) is 0 Å². The van der Waals surface area contributed by atoms with E-state index in [0.717, 1.165) is 0 Å². The van der Waals surface area contributed by atoms with Crippen LogP contribution < -0.4 is 16.2 Å². The van der Waals surface area contributed by atoms with E-state index in [0.29, 0.717) is 37.0 Å². The summed E-state index contributed by atoms with van der Waals surface area (Å²) in [5.74, 6) is 0.991. The summed E-state index contributed by atoms with van der Waals surface area (Å²) in [5, 5.41) is 12.2. The number of aromatic nitrogens is 2. The van der Waals surface area contributed by atoms with Gasteiger partial charge in [0.2, 0.25) is 5.82 Å². The van der Waals surface area contributed by atoms with Crippen molar-refractivity contribution in [3.8, 4) is 5.88 Å². The highest BCUT2D eigenvalue weighted by Crippen LogP contribution is 2.39. The average Bonchev–Trinajstić information content (AvgIpc) is 2.73. The summed E-state index contributed by atoms with van der Waals surface area (Å²) in [6.45, 7) is 2.94. The Morgan fingerprint density at radius 3 is 3.00 bits per heavy atom. The third kappa shape index (κ3) is 1.54. The Kier molecular flexibility index (Phi) is 2.55. The van der Waals surface area contributed by atoms with Crippen LogP contribution in [0.5, 0.6) is 5.88 Å². The van der Waals surface area contributed by atoms with Gasteiger partial charge in [-0.15, -0.1) is 10.2 Å². The predicted octanol–water partition coefficient (Wildman–Crippen LogP) is 0.809. The molecule has 1 aromatic rings. The summed E-state index contributed by atoms with van der Waals surface area (Å²) in [6, 6.07) is 0. The van der Waals surface area contributed by atoms with E-state index in [1.54, 1.807) is 4.68 Å². The van der Waals surface area contributed by atoms with Crippen LogP contribution in [0.25, 0.3) is 0 Å². The smallest absolute Gasteiger partial charge is 0.258 e.